The summed E-state index contributed by atoms with van der Waals surface area (Å²) in [6.45, 7) is 1.87. The zero-order valence-electron chi connectivity index (χ0n) is 10.9. The van der Waals surface area contributed by atoms with Crippen molar-refractivity contribution >= 4 is 33.4 Å². The van der Waals surface area contributed by atoms with Gasteiger partial charge in [-0.05, 0) is 35.0 Å². The molecule has 0 spiro atoms. The molecular formula is C12H11BrN4O4. The highest BCUT2D eigenvalue weighted by molar-refractivity contribution is 9.10. The molecule has 1 aromatic heterocycles. The van der Waals surface area contributed by atoms with Crippen LogP contribution in [0.5, 0.6) is 0 Å². The van der Waals surface area contributed by atoms with Crippen LogP contribution in [0.4, 0.5) is 11.5 Å². The molecule has 0 saturated carbocycles. The third-order valence-electron chi connectivity index (χ3n) is 2.68. The molecule has 21 heavy (non-hydrogen) atoms. The van der Waals surface area contributed by atoms with Gasteiger partial charge in [0.2, 0.25) is 0 Å². The first-order valence-electron chi connectivity index (χ1n) is 5.90. The van der Waals surface area contributed by atoms with Crippen molar-refractivity contribution in [3.8, 4) is 5.69 Å². The number of nitro benzene ring substituents is 1. The lowest BCUT2D eigenvalue weighted by molar-refractivity contribution is -0.385. The van der Waals surface area contributed by atoms with Crippen molar-refractivity contribution in [2.45, 2.75) is 6.92 Å². The van der Waals surface area contributed by atoms with Gasteiger partial charge in [0.1, 0.15) is 12.1 Å². The summed E-state index contributed by atoms with van der Waals surface area (Å²) in [7, 11) is 0. The molecule has 2 aromatic rings. The van der Waals surface area contributed by atoms with Gasteiger partial charge in [-0.3, -0.25) is 14.7 Å². The summed E-state index contributed by atoms with van der Waals surface area (Å²) < 4.78 is 6.56. The predicted octanol–water partition coefficient (Wildman–Crippen LogP) is 2.30. The van der Waals surface area contributed by atoms with Gasteiger partial charge in [-0.2, -0.15) is 0 Å². The number of rotatable bonds is 4. The van der Waals surface area contributed by atoms with Crippen LogP contribution >= 0.6 is 15.9 Å². The number of nitro groups is 1. The quantitative estimate of drug-likeness (QED) is 0.511. The average molecular weight is 355 g/mol. The monoisotopic (exact) mass is 354 g/mol. The number of carbonyl (C=O) groups is 1. The number of esters is 1. The van der Waals surface area contributed by atoms with Crippen LogP contribution in [-0.4, -0.2) is 27.1 Å². The molecular weight excluding hydrogens is 344 g/mol. The third-order valence-corrected chi connectivity index (χ3v) is 3.35. The highest BCUT2D eigenvalue weighted by Crippen LogP contribution is 2.28. The summed E-state index contributed by atoms with van der Waals surface area (Å²) >= 11 is 3.10. The number of anilines is 1. The molecule has 0 atom stereocenters. The number of benzene rings is 1. The molecule has 110 valence electrons. The molecule has 0 bridgehead atoms. The number of hydrogen-bond acceptors (Lipinski definition) is 6. The average Bonchev–Trinajstić information content (AvgIpc) is 2.81. The van der Waals surface area contributed by atoms with E-state index in [1.54, 1.807) is 13.0 Å². The second kappa shape index (κ2) is 5.92. The molecule has 0 radical (unpaired) electrons. The maximum Gasteiger partial charge on any atom is 0.360 e. The standard InChI is InChI=1S/C12H11BrN4O4/c1-2-21-12(18)10-11(14)16(6-15-10)7-3-4-8(13)9(5-7)17(19)20/h3-6H,2,14H2,1H3. The number of aromatic nitrogens is 2. The predicted molar refractivity (Wildman–Crippen MR) is 78.3 cm³/mol. The smallest absolute Gasteiger partial charge is 0.360 e. The van der Waals surface area contributed by atoms with Crippen molar-refractivity contribution in [1.29, 1.82) is 0 Å². The van der Waals surface area contributed by atoms with Crippen LogP contribution in [0.25, 0.3) is 5.69 Å². The summed E-state index contributed by atoms with van der Waals surface area (Å²) in [5.74, 6) is -0.578. The van der Waals surface area contributed by atoms with Gasteiger partial charge in [0.25, 0.3) is 5.69 Å². The van der Waals surface area contributed by atoms with Crippen molar-refractivity contribution in [2.75, 3.05) is 12.3 Å². The Hall–Kier alpha value is -2.42. The first kappa shape index (κ1) is 15.0. The number of nitrogen functional groups attached to an aromatic ring is 1. The number of halogens is 1. The van der Waals surface area contributed by atoms with Crippen LogP contribution in [-0.2, 0) is 4.74 Å². The lowest BCUT2D eigenvalue weighted by Crippen LogP contribution is -2.09. The van der Waals surface area contributed by atoms with Gasteiger partial charge in [-0.15, -0.1) is 0 Å². The van der Waals surface area contributed by atoms with Gasteiger partial charge < -0.3 is 10.5 Å². The van der Waals surface area contributed by atoms with E-state index in [0.717, 1.165) is 0 Å². The zero-order chi connectivity index (χ0) is 15.6. The van der Waals surface area contributed by atoms with Crippen LogP contribution in [0.15, 0.2) is 29.0 Å². The Morgan fingerprint density at radius 3 is 2.90 bits per heavy atom. The number of nitrogens with two attached hydrogens (primary N) is 1. The summed E-state index contributed by atoms with van der Waals surface area (Å²) in [4.78, 5) is 25.9. The van der Waals surface area contributed by atoms with E-state index in [9.17, 15) is 14.9 Å². The van der Waals surface area contributed by atoms with Crippen LogP contribution in [0.2, 0.25) is 0 Å². The summed E-state index contributed by atoms with van der Waals surface area (Å²) in [5.41, 5.74) is 6.13. The number of nitrogens with zero attached hydrogens (tertiary/aromatic N) is 3. The summed E-state index contributed by atoms with van der Waals surface area (Å²) in [6, 6.07) is 4.47. The van der Waals surface area contributed by atoms with E-state index in [1.165, 1.54) is 23.0 Å². The Kier molecular flexibility index (Phi) is 4.22. The van der Waals surface area contributed by atoms with Gasteiger partial charge in [-0.25, -0.2) is 9.78 Å². The molecule has 0 aliphatic rings. The van der Waals surface area contributed by atoms with Gasteiger partial charge in [-0.1, -0.05) is 0 Å². The number of ether oxygens (including phenoxy) is 1. The zero-order valence-corrected chi connectivity index (χ0v) is 12.5. The van der Waals surface area contributed by atoms with E-state index < -0.39 is 10.9 Å². The molecule has 0 aliphatic heterocycles. The summed E-state index contributed by atoms with van der Waals surface area (Å²) in [5, 5.41) is 10.9. The van der Waals surface area contributed by atoms with E-state index in [-0.39, 0.29) is 23.8 Å². The topological polar surface area (TPSA) is 113 Å². The van der Waals surface area contributed by atoms with Crippen LogP contribution < -0.4 is 5.73 Å². The van der Waals surface area contributed by atoms with E-state index in [4.69, 9.17) is 10.5 Å². The molecule has 0 unspecified atom stereocenters. The Morgan fingerprint density at radius 2 is 2.29 bits per heavy atom. The lowest BCUT2D eigenvalue weighted by Gasteiger charge is -2.06. The van der Waals surface area contributed by atoms with E-state index in [2.05, 4.69) is 20.9 Å². The van der Waals surface area contributed by atoms with Gasteiger partial charge in [0, 0.05) is 6.07 Å². The molecule has 8 nitrogen and oxygen atoms in total. The fourth-order valence-electron chi connectivity index (χ4n) is 1.71. The molecule has 0 fully saturated rings. The van der Waals surface area contributed by atoms with Crippen molar-refractivity contribution in [3.63, 3.8) is 0 Å². The van der Waals surface area contributed by atoms with Gasteiger partial charge in [0.15, 0.2) is 5.69 Å². The first-order chi connectivity index (χ1) is 9.95. The Balaban J connectivity index is 2.46. The molecule has 1 heterocycles. The maximum absolute atomic E-state index is 11.6. The van der Waals surface area contributed by atoms with Crippen molar-refractivity contribution < 1.29 is 14.5 Å². The van der Waals surface area contributed by atoms with E-state index in [0.29, 0.717) is 10.2 Å². The van der Waals surface area contributed by atoms with Gasteiger partial charge in [0.05, 0.1) is 21.7 Å². The first-order valence-corrected chi connectivity index (χ1v) is 6.69. The third kappa shape index (κ3) is 2.87. The molecule has 2 rings (SSSR count). The fraction of sp³-hybridized carbons (Fsp3) is 0.167. The van der Waals surface area contributed by atoms with Crippen molar-refractivity contribution in [1.82, 2.24) is 9.55 Å². The van der Waals surface area contributed by atoms with Crippen LogP contribution in [0, 0.1) is 10.1 Å². The Labute approximate surface area is 127 Å². The molecule has 0 saturated heterocycles. The summed E-state index contributed by atoms with van der Waals surface area (Å²) in [6.07, 6.45) is 1.31. The van der Waals surface area contributed by atoms with E-state index in [1.807, 2.05) is 0 Å². The Morgan fingerprint density at radius 1 is 1.57 bits per heavy atom. The Bertz CT molecular complexity index is 713. The highest BCUT2D eigenvalue weighted by atomic mass is 79.9. The minimum absolute atomic E-state index is 0.0255. The normalized spacial score (nSPS) is 10.4. The SMILES string of the molecule is CCOC(=O)c1ncn(-c2ccc(Br)c([N+](=O)[O-])c2)c1N. The number of imidazole rings is 1. The molecule has 1 aromatic carbocycles. The van der Waals surface area contributed by atoms with Crippen LogP contribution in [0.3, 0.4) is 0 Å². The molecule has 2 N–H and O–H groups in total. The van der Waals surface area contributed by atoms with Crippen molar-refractivity contribution in [2.24, 2.45) is 0 Å². The fourth-order valence-corrected chi connectivity index (χ4v) is 2.10. The second-order valence-electron chi connectivity index (χ2n) is 3.96. The molecule has 9 heteroatoms. The maximum atomic E-state index is 11.6. The minimum atomic E-state index is -0.639. The minimum Gasteiger partial charge on any atom is -0.461 e. The van der Waals surface area contributed by atoms with E-state index >= 15 is 0 Å². The van der Waals surface area contributed by atoms with Crippen LogP contribution in [0.1, 0.15) is 17.4 Å². The molecule has 0 amide bonds. The largest absolute Gasteiger partial charge is 0.461 e. The lowest BCUT2D eigenvalue weighted by atomic mass is 10.3. The number of carbonyl (C=O) groups excluding carboxylic acids is 1. The molecule has 0 aliphatic carbocycles. The van der Waals surface area contributed by atoms with Gasteiger partial charge >= 0.3 is 5.97 Å². The van der Waals surface area contributed by atoms with Crippen molar-refractivity contribution in [3.05, 3.63) is 44.8 Å². The number of hydrogen-bond donors (Lipinski definition) is 1. The second-order valence-corrected chi connectivity index (χ2v) is 4.82. The highest BCUT2D eigenvalue weighted by Gasteiger charge is 2.19.